The molecule has 2 atom stereocenters. The lowest BCUT2D eigenvalue weighted by Gasteiger charge is -2.29. The number of rotatable bonds is 6. The van der Waals surface area contributed by atoms with Crippen LogP contribution in [0.15, 0.2) is 79.1 Å². The molecule has 4 aromatic rings. The number of amides is 1. The van der Waals surface area contributed by atoms with Crippen LogP contribution in [0.4, 0.5) is 11.4 Å². The fourth-order valence-electron chi connectivity index (χ4n) is 4.80. The highest BCUT2D eigenvalue weighted by atomic mass is 35.5. The van der Waals surface area contributed by atoms with Crippen molar-refractivity contribution >= 4 is 46.2 Å². The van der Waals surface area contributed by atoms with Crippen LogP contribution in [0.25, 0.3) is 5.69 Å². The molecule has 6 nitrogen and oxygen atoms in total. The zero-order valence-corrected chi connectivity index (χ0v) is 23.3. The fraction of sp³-hybridized carbons (Fsp3) is 0.233. The van der Waals surface area contributed by atoms with Crippen LogP contribution in [-0.2, 0) is 4.79 Å². The first-order chi connectivity index (χ1) is 18.2. The van der Waals surface area contributed by atoms with Gasteiger partial charge in [0.2, 0.25) is 5.91 Å². The lowest BCUT2D eigenvalue weighted by molar-refractivity contribution is -0.118. The second-order valence-corrected chi connectivity index (χ2v) is 10.7. The summed E-state index contributed by atoms with van der Waals surface area (Å²) in [5.74, 6) is -0.111. The molecular formula is C30H30ClN5OS. The molecule has 2 aromatic heterocycles. The number of aromatic nitrogens is 2. The molecule has 0 radical (unpaired) electrons. The summed E-state index contributed by atoms with van der Waals surface area (Å²) in [6.07, 6.45) is 3.86. The van der Waals surface area contributed by atoms with E-state index >= 15 is 0 Å². The van der Waals surface area contributed by atoms with Gasteiger partial charge in [0.1, 0.15) is 6.04 Å². The van der Waals surface area contributed by atoms with E-state index in [9.17, 15) is 4.79 Å². The monoisotopic (exact) mass is 543 g/mol. The average Bonchev–Trinajstić information content (AvgIpc) is 3.51. The van der Waals surface area contributed by atoms with E-state index in [4.69, 9.17) is 23.8 Å². The molecule has 38 heavy (non-hydrogen) atoms. The summed E-state index contributed by atoms with van der Waals surface area (Å²) < 4.78 is 2.18. The van der Waals surface area contributed by atoms with Gasteiger partial charge in [0, 0.05) is 46.1 Å². The first-order valence-electron chi connectivity index (χ1n) is 12.6. The topological polar surface area (TPSA) is 62.2 Å². The van der Waals surface area contributed by atoms with Gasteiger partial charge in [-0.2, -0.15) is 0 Å². The first kappa shape index (κ1) is 25.9. The Kier molecular flexibility index (Phi) is 7.23. The van der Waals surface area contributed by atoms with E-state index in [1.165, 1.54) is 0 Å². The number of aryl methyl sites for hydroxylation is 2. The summed E-state index contributed by atoms with van der Waals surface area (Å²) in [6, 6.07) is 21.8. The highest BCUT2D eigenvalue weighted by Gasteiger charge is 2.42. The quantitative estimate of drug-likeness (QED) is 0.259. The summed E-state index contributed by atoms with van der Waals surface area (Å²) in [5, 5.41) is 7.90. The Hall–Kier alpha value is -3.68. The molecule has 8 heteroatoms. The van der Waals surface area contributed by atoms with Crippen molar-refractivity contribution in [2.24, 2.45) is 5.92 Å². The van der Waals surface area contributed by atoms with Gasteiger partial charge in [-0.3, -0.25) is 9.78 Å². The Balaban J connectivity index is 1.61. The molecule has 1 fully saturated rings. The number of pyridine rings is 1. The maximum Gasteiger partial charge on any atom is 0.226 e. The molecule has 2 aromatic carbocycles. The molecule has 0 aliphatic carbocycles. The predicted molar refractivity (Wildman–Crippen MR) is 158 cm³/mol. The number of carbonyl (C=O) groups is 1. The smallest absolute Gasteiger partial charge is 0.226 e. The van der Waals surface area contributed by atoms with E-state index in [2.05, 4.69) is 49.5 Å². The minimum absolute atomic E-state index is 0.0108. The van der Waals surface area contributed by atoms with Gasteiger partial charge in [-0.05, 0) is 97.9 Å². The Morgan fingerprint density at radius 3 is 2.47 bits per heavy atom. The van der Waals surface area contributed by atoms with E-state index in [1.54, 1.807) is 6.20 Å². The second-order valence-electron chi connectivity index (χ2n) is 9.88. The minimum Gasteiger partial charge on any atom is -0.351 e. The highest BCUT2D eigenvalue weighted by molar-refractivity contribution is 7.80. The van der Waals surface area contributed by atoms with Crippen molar-refractivity contribution in [1.82, 2.24) is 14.9 Å². The van der Waals surface area contributed by atoms with Gasteiger partial charge in [0.05, 0.1) is 11.7 Å². The van der Waals surface area contributed by atoms with Crippen molar-refractivity contribution < 1.29 is 4.79 Å². The summed E-state index contributed by atoms with van der Waals surface area (Å²) in [6.45, 7) is 7.77. The molecule has 0 unspecified atom stereocenters. The van der Waals surface area contributed by atoms with Crippen molar-refractivity contribution in [2.45, 2.75) is 39.8 Å². The molecule has 1 amide bonds. The first-order valence-corrected chi connectivity index (χ1v) is 13.4. The number of nitrogens with zero attached hydrogens (tertiary/aromatic N) is 3. The lowest BCUT2D eigenvalue weighted by atomic mass is 10.00. The Morgan fingerprint density at radius 2 is 1.79 bits per heavy atom. The lowest BCUT2D eigenvalue weighted by Crippen LogP contribution is -2.30. The summed E-state index contributed by atoms with van der Waals surface area (Å²) in [4.78, 5) is 19.1. The van der Waals surface area contributed by atoms with Crippen LogP contribution in [0.5, 0.6) is 0 Å². The minimum atomic E-state index is -0.182. The summed E-state index contributed by atoms with van der Waals surface area (Å²) in [7, 11) is 0. The normalized spacial score (nSPS) is 17.1. The SMILES string of the molecule is Cc1cc(-n2cccc2[C@@H]2[C@H](c3ccccn3)NC(=S)N2c2ccc(NC(=O)C(C)C)c(C)c2)ccc1Cl. The third-order valence-electron chi connectivity index (χ3n) is 6.87. The standard InChI is InChI=1S/C30H30ClN5OS/c1-18(2)29(37)33-24-13-11-22(17-20(24)4)36-28(27(34-30(36)38)25-8-5-6-14-32-25)26-9-7-15-35(26)21-10-12-23(31)19(3)16-21/h5-18,27-28H,1-4H3,(H,33,37)(H,34,38)/t27-,28+/m0/s1. The summed E-state index contributed by atoms with van der Waals surface area (Å²) >= 11 is 12.3. The highest BCUT2D eigenvalue weighted by Crippen LogP contribution is 2.43. The third-order valence-corrected chi connectivity index (χ3v) is 7.61. The number of carbonyl (C=O) groups excluding carboxylic acids is 1. The van der Waals surface area contributed by atoms with Gasteiger partial charge in [0.25, 0.3) is 0 Å². The Morgan fingerprint density at radius 1 is 1.03 bits per heavy atom. The molecule has 0 saturated carbocycles. The summed E-state index contributed by atoms with van der Waals surface area (Å²) in [5.41, 5.74) is 6.69. The van der Waals surface area contributed by atoms with Crippen LogP contribution >= 0.6 is 23.8 Å². The maximum absolute atomic E-state index is 12.3. The molecular weight excluding hydrogens is 514 g/mol. The van der Waals surface area contributed by atoms with Crippen molar-refractivity contribution in [3.63, 3.8) is 0 Å². The molecule has 1 aliphatic heterocycles. The third kappa shape index (κ3) is 4.91. The molecule has 2 N–H and O–H groups in total. The Labute approximate surface area is 233 Å². The number of halogens is 1. The number of benzene rings is 2. The van der Waals surface area contributed by atoms with E-state index in [1.807, 2.05) is 76.2 Å². The molecule has 0 spiro atoms. The van der Waals surface area contributed by atoms with Crippen LogP contribution in [-0.4, -0.2) is 20.6 Å². The van der Waals surface area contributed by atoms with Crippen LogP contribution in [0.1, 0.15) is 48.4 Å². The maximum atomic E-state index is 12.3. The van der Waals surface area contributed by atoms with E-state index < -0.39 is 0 Å². The number of hydrogen-bond donors (Lipinski definition) is 2. The zero-order valence-electron chi connectivity index (χ0n) is 21.8. The van der Waals surface area contributed by atoms with Gasteiger partial charge >= 0.3 is 0 Å². The van der Waals surface area contributed by atoms with Crippen molar-refractivity contribution in [3.8, 4) is 5.69 Å². The molecule has 0 bridgehead atoms. The van der Waals surface area contributed by atoms with Gasteiger partial charge < -0.3 is 20.1 Å². The molecule has 194 valence electrons. The fourth-order valence-corrected chi connectivity index (χ4v) is 5.26. The van der Waals surface area contributed by atoms with Crippen LogP contribution < -0.4 is 15.5 Å². The van der Waals surface area contributed by atoms with Gasteiger partial charge in [-0.1, -0.05) is 31.5 Å². The molecule has 1 aliphatic rings. The van der Waals surface area contributed by atoms with Gasteiger partial charge in [0.15, 0.2) is 5.11 Å². The predicted octanol–water partition coefficient (Wildman–Crippen LogP) is 6.91. The number of anilines is 2. The molecule has 5 rings (SSSR count). The number of nitrogens with one attached hydrogen (secondary N) is 2. The second kappa shape index (κ2) is 10.6. The molecule has 3 heterocycles. The van der Waals surface area contributed by atoms with Crippen molar-refractivity contribution in [1.29, 1.82) is 0 Å². The Bertz CT molecular complexity index is 1500. The average molecular weight is 544 g/mol. The van der Waals surface area contributed by atoms with E-state index in [0.29, 0.717) is 5.11 Å². The van der Waals surface area contributed by atoms with Crippen LogP contribution in [0, 0.1) is 19.8 Å². The van der Waals surface area contributed by atoms with Crippen LogP contribution in [0.2, 0.25) is 5.02 Å². The van der Waals surface area contributed by atoms with Gasteiger partial charge in [-0.25, -0.2) is 0 Å². The van der Waals surface area contributed by atoms with Crippen molar-refractivity contribution in [2.75, 3.05) is 10.2 Å². The number of hydrogen-bond acceptors (Lipinski definition) is 3. The van der Waals surface area contributed by atoms with Gasteiger partial charge in [-0.15, -0.1) is 0 Å². The van der Waals surface area contributed by atoms with Crippen LogP contribution in [0.3, 0.4) is 0 Å². The largest absolute Gasteiger partial charge is 0.351 e. The van der Waals surface area contributed by atoms with Crippen molar-refractivity contribution in [3.05, 3.63) is 107 Å². The number of thiocarbonyl (C=S) groups is 1. The molecule has 1 saturated heterocycles. The zero-order chi connectivity index (χ0) is 27.0. The van der Waals surface area contributed by atoms with E-state index in [-0.39, 0.29) is 23.9 Å². The van der Waals surface area contributed by atoms with E-state index in [0.717, 1.165) is 44.6 Å².